The second-order valence-corrected chi connectivity index (χ2v) is 4.86. The first-order chi connectivity index (χ1) is 9.97. The summed E-state index contributed by atoms with van der Waals surface area (Å²) in [4.78, 5) is 11.9. The van der Waals surface area contributed by atoms with E-state index in [1.165, 1.54) is 6.07 Å². The van der Waals surface area contributed by atoms with Gasteiger partial charge in [0, 0.05) is 17.8 Å². The zero-order valence-corrected chi connectivity index (χ0v) is 11.6. The average Bonchev–Trinajstić information content (AvgIpc) is 2.48. The van der Waals surface area contributed by atoms with Crippen LogP contribution in [0.2, 0.25) is 0 Å². The molecule has 2 aromatic carbocycles. The van der Waals surface area contributed by atoms with Crippen molar-refractivity contribution in [3.63, 3.8) is 0 Å². The smallest absolute Gasteiger partial charge is 0.251 e. The largest absolute Gasteiger partial charge is 0.399 e. The van der Waals surface area contributed by atoms with Crippen molar-refractivity contribution in [1.29, 1.82) is 0 Å². The molecule has 0 aliphatic rings. The van der Waals surface area contributed by atoms with E-state index < -0.39 is 17.8 Å². The molecule has 0 spiro atoms. The van der Waals surface area contributed by atoms with Gasteiger partial charge in [-0.15, -0.1) is 0 Å². The standard InChI is InChI=1S/C16H17FN2O2/c1-10-2-3-12(8-14(10)17)16(21)19-9-15(20)11-4-6-13(18)7-5-11/h2-8,15,20H,9,18H2,1H3,(H,19,21). The topological polar surface area (TPSA) is 75.3 Å². The zero-order valence-electron chi connectivity index (χ0n) is 11.6. The number of hydrogen-bond donors (Lipinski definition) is 3. The number of carbonyl (C=O) groups is 1. The van der Waals surface area contributed by atoms with E-state index in [9.17, 15) is 14.3 Å². The van der Waals surface area contributed by atoms with Crippen LogP contribution in [0, 0.1) is 12.7 Å². The Morgan fingerprint density at radius 1 is 1.29 bits per heavy atom. The monoisotopic (exact) mass is 288 g/mol. The van der Waals surface area contributed by atoms with Gasteiger partial charge in [0.1, 0.15) is 5.82 Å². The summed E-state index contributed by atoms with van der Waals surface area (Å²) in [5, 5.41) is 12.5. The van der Waals surface area contributed by atoms with Crippen LogP contribution in [-0.4, -0.2) is 17.6 Å². The lowest BCUT2D eigenvalue weighted by atomic mass is 10.1. The number of aliphatic hydroxyl groups is 1. The summed E-state index contributed by atoms with van der Waals surface area (Å²) >= 11 is 0. The molecule has 110 valence electrons. The Hall–Kier alpha value is -2.40. The Kier molecular flexibility index (Phi) is 4.55. The molecule has 4 nitrogen and oxygen atoms in total. The van der Waals surface area contributed by atoms with Crippen molar-refractivity contribution in [2.24, 2.45) is 0 Å². The van der Waals surface area contributed by atoms with Gasteiger partial charge in [0.2, 0.25) is 0 Å². The first kappa shape index (κ1) is 15.0. The van der Waals surface area contributed by atoms with Gasteiger partial charge in [0.15, 0.2) is 0 Å². The van der Waals surface area contributed by atoms with Crippen LogP contribution in [0.25, 0.3) is 0 Å². The number of benzene rings is 2. The van der Waals surface area contributed by atoms with Crippen LogP contribution >= 0.6 is 0 Å². The van der Waals surface area contributed by atoms with Crippen LogP contribution in [0.15, 0.2) is 42.5 Å². The number of hydrogen-bond acceptors (Lipinski definition) is 3. The van der Waals surface area contributed by atoms with E-state index in [0.29, 0.717) is 16.8 Å². The Morgan fingerprint density at radius 3 is 2.57 bits per heavy atom. The molecule has 4 N–H and O–H groups in total. The maximum absolute atomic E-state index is 13.4. The summed E-state index contributed by atoms with van der Waals surface area (Å²) in [6.45, 7) is 1.67. The molecular weight excluding hydrogens is 271 g/mol. The van der Waals surface area contributed by atoms with E-state index in [1.807, 2.05) is 0 Å². The van der Waals surface area contributed by atoms with Gasteiger partial charge in [-0.2, -0.15) is 0 Å². The van der Waals surface area contributed by atoms with E-state index in [4.69, 9.17) is 5.73 Å². The normalized spacial score (nSPS) is 12.0. The van der Waals surface area contributed by atoms with Crippen molar-refractivity contribution < 1.29 is 14.3 Å². The fourth-order valence-electron chi connectivity index (χ4n) is 1.86. The minimum atomic E-state index is -0.843. The highest BCUT2D eigenvalue weighted by Gasteiger charge is 2.12. The molecule has 0 radical (unpaired) electrons. The van der Waals surface area contributed by atoms with Gasteiger partial charge in [0.25, 0.3) is 5.91 Å². The number of nitrogen functional groups attached to an aromatic ring is 1. The number of aryl methyl sites for hydroxylation is 1. The number of halogens is 1. The van der Waals surface area contributed by atoms with Crippen molar-refractivity contribution in [2.75, 3.05) is 12.3 Å². The Morgan fingerprint density at radius 2 is 1.95 bits per heavy atom. The lowest BCUT2D eigenvalue weighted by Gasteiger charge is -2.12. The first-order valence-corrected chi connectivity index (χ1v) is 6.55. The number of anilines is 1. The summed E-state index contributed by atoms with van der Waals surface area (Å²) < 4.78 is 13.4. The molecule has 0 bridgehead atoms. The maximum Gasteiger partial charge on any atom is 0.251 e. The fourth-order valence-corrected chi connectivity index (χ4v) is 1.86. The third-order valence-corrected chi connectivity index (χ3v) is 3.21. The van der Waals surface area contributed by atoms with Gasteiger partial charge in [0.05, 0.1) is 6.10 Å². The third kappa shape index (κ3) is 3.79. The highest BCUT2D eigenvalue weighted by atomic mass is 19.1. The average molecular weight is 288 g/mol. The fraction of sp³-hybridized carbons (Fsp3) is 0.188. The number of amides is 1. The number of aliphatic hydroxyl groups excluding tert-OH is 1. The maximum atomic E-state index is 13.4. The Balaban J connectivity index is 1.97. The number of rotatable bonds is 4. The van der Waals surface area contributed by atoms with Gasteiger partial charge in [-0.05, 0) is 42.3 Å². The Bertz CT molecular complexity index is 641. The lowest BCUT2D eigenvalue weighted by Crippen LogP contribution is -2.28. The van der Waals surface area contributed by atoms with Crippen molar-refractivity contribution >= 4 is 11.6 Å². The molecule has 5 heteroatoms. The molecule has 1 atom stereocenters. The van der Waals surface area contributed by atoms with Crippen LogP contribution in [0.3, 0.4) is 0 Å². The number of nitrogens with two attached hydrogens (primary N) is 1. The summed E-state index contributed by atoms with van der Waals surface area (Å²) in [5.74, 6) is -0.856. The SMILES string of the molecule is Cc1ccc(C(=O)NCC(O)c2ccc(N)cc2)cc1F. The lowest BCUT2D eigenvalue weighted by molar-refractivity contribution is 0.0916. The molecule has 0 saturated heterocycles. The summed E-state index contributed by atoms with van der Waals surface area (Å²) in [6, 6.07) is 11.0. The highest BCUT2D eigenvalue weighted by molar-refractivity contribution is 5.94. The van der Waals surface area contributed by atoms with Crippen LogP contribution in [-0.2, 0) is 0 Å². The van der Waals surface area contributed by atoms with Gasteiger partial charge < -0.3 is 16.2 Å². The minimum Gasteiger partial charge on any atom is -0.399 e. The van der Waals surface area contributed by atoms with Crippen LogP contribution < -0.4 is 11.1 Å². The van der Waals surface area contributed by atoms with Gasteiger partial charge in [-0.25, -0.2) is 4.39 Å². The molecule has 1 amide bonds. The Labute approximate surface area is 122 Å². The predicted octanol–water partition coefficient (Wildman–Crippen LogP) is 2.18. The van der Waals surface area contributed by atoms with Gasteiger partial charge in [-0.1, -0.05) is 18.2 Å². The quantitative estimate of drug-likeness (QED) is 0.755. The summed E-state index contributed by atoms with van der Waals surface area (Å²) in [5.41, 5.74) is 7.52. The molecule has 0 fully saturated rings. The van der Waals surface area contributed by atoms with Gasteiger partial charge >= 0.3 is 0 Å². The number of nitrogens with one attached hydrogen (secondary N) is 1. The minimum absolute atomic E-state index is 0.0399. The molecule has 1 unspecified atom stereocenters. The molecule has 21 heavy (non-hydrogen) atoms. The third-order valence-electron chi connectivity index (χ3n) is 3.21. The van der Waals surface area contributed by atoms with Crippen molar-refractivity contribution in [1.82, 2.24) is 5.32 Å². The van der Waals surface area contributed by atoms with Gasteiger partial charge in [-0.3, -0.25) is 4.79 Å². The second-order valence-electron chi connectivity index (χ2n) is 4.86. The van der Waals surface area contributed by atoms with E-state index in [1.54, 1.807) is 43.3 Å². The summed E-state index contributed by atoms with van der Waals surface area (Å²) in [6.07, 6.45) is -0.843. The van der Waals surface area contributed by atoms with Crippen LogP contribution in [0.4, 0.5) is 10.1 Å². The van der Waals surface area contributed by atoms with E-state index >= 15 is 0 Å². The van der Waals surface area contributed by atoms with Crippen molar-refractivity contribution in [2.45, 2.75) is 13.0 Å². The van der Waals surface area contributed by atoms with Crippen LogP contribution in [0.1, 0.15) is 27.6 Å². The van der Waals surface area contributed by atoms with E-state index in [-0.39, 0.29) is 12.1 Å². The molecule has 0 aliphatic heterocycles. The van der Waals surface area contributed by atoms with Crippen molar-refractivity contribution in [3.8, 4) is 0 Å². The molecule has 2 rings (SSSR count). The number of carbonyl (C=O) groups excluding carboxylic acids is 1. The molecule has 0 aromatic heterocycles. The van der Waals surface area contributed by atoms with Crippen LogP contribution in [0.5, 0.6) is 0 Å². The van der Waals surface area contributed by atoms with Crippen molar-refractivity contribution in [3.05, 3.63) is 65.0 Å². The van der Waals surface area contributed by atoms with E-state index in [2.05, 4.69) is 5.32 Å². The molecule has 2 aromatic rings. The molecule has 0 heterocycles. The summed E-state index contributed by atoms with van der Waals surface area (Å²) in [7, 11) is 0. The predicted molar refractivity (Wildman–Crippen MR) is 79.3 cm³/mol. The zero-order chi connectivity index (χ0) is 15.4. The second kappa shape index (κ2) is 6.37. The molecule has 0 aliphatic carbocycles. The molecule has 0 saturated carbocycles. The first-order valence-electron chi connectivity index (χ1n) is 6.55. The highest BCUT2D eigenvalue weighted by Crippen LogP contribution is 2.14. The molecular formula is C16H17FN2O2. The van der Waals surface area contributed by atoms with E-state index in [0.717, 1.165) is 0 Å².